The molecule has 0 rings (SSSR count). The first-order valence-corrected chi connectivity index (χ1v) is 6.38. The summed E-state index contributed by atoms with van der Waals surface area (Å²) < 4.78 is 110. The van der Waals surface area contributed by atoms with Gasteiger partial charge in [0, 0.05) is 12.5 Å². The van der Waals surface area contributed by atoms with E-state index in [1.54, 1.807) is 0 Å². The maximum atomic E-state index is 12.7. The molecule has 3 N–H and O–H groups in total. The molecule has 0 aromatic heterocycles. The monoisotopic (exact) mass is 326 g/mol. The van der Waals surface area contributed by atoms with Gasteiger partial charge in [-0.3, -0.25) is 0 Å². The van der Waals surface area contributed by atoms with Crippen LogP contribution in [-0.2, 0) is 0 Å². The van der Waals surface area contributed by atoms with Gasteiger partial charge >= 0.3 is 32.7 Å². The molecule has 0 heterocycles. The van der Waals surface area contributed by atoms with Crippen LogP contribution in [0.15, 0.2) is 0 Å². The van der Waals surface area contributed by atoms with E-state index in [0.29, 0.717) is 0 Å². The lowest BCUT2D eigenvalue weighted by Crippen LogP contribution is -2.61. The van der Waals surface area contributed by atoms with E-state index in [2.05, 4.69) is 0 Å². The molecule has 0 aliphatic heterocycles. The molecule has 0 aromatic rings. The van der Waals surface area contributed by atoms with Crippen LogP contribution in [0.2, 0.25) is 6.04 Å². The molecular formula is C6H7F9O3Si. The van der Waals surface area contributed by atoms with Gasteiger partial charge in [0.25, 0.3) is 0 Å². The normalized spacial score (nSPS) is 15.8. The highest BCUT2D eigenvalue weighted by atomic mass is 28.4. The van der Waals surface area contributed by atoms with E-state index < -0.39 is 45.2 Å². The Bertz CT molecular complexity index is 321. The van der Waals surface area contributed by atoms with Crippen LogP contribution in [-0.4, -0.2) is 47.1 Å². The number of hydrogen-bond donors (Lipinski definition) is 3. The molecule has 0 bridgehead atoms. The van der Waals surface area contributed by atoms with Gasteiger partial charge in [0.05, 0.1) is 0 Å². The Balaban J connectivity index is 5.28. The summed E-state index contributed by atoms with van der Waals surface area (Å²) in [4.78, 5) is 24.8. The largest absolute Gasteiger partial charge is 0.492 e. The SMILES string of the molecule is O[Si](O)(O)CCC(F)(F)C(F)(F)C(F)(F)C(F)(F)F. The Morgan fingerprint density at radius 1 is 0.684 bits per heavy atom. The first-order valence-electron chi connectivity index (χ1n) is 4.33. The van der Waals surface area contributed by atoms with E-state index in [1.165, 1.54) is 0 Å². The fourth-order valence-electron chi connectivity index (χ4n) is 0.889. The highest BCUT2D eigenvalue weighted by molar-refractivity contribution is 6.56. The van der Waals surface area contributed by atoms with Gasteiger partial charge in [-0.15, -0.1) is 0 Å². The van der Waals surface area contributed by atoms with Crippen LogP contribution < -0.4 is 0 Å². The lowest BCUT2D eigenvalue weighted by atomic mass is 10.0. The summed E-state index contributed by atoms with van der Waals surface area (Å²) in [6, 6.07) is -1.83. The molecule has 0 aliphatic rings. The Morgan fingerprint density at radius 2 is 1.05 bits per heavy atom. The van der Waals surface area contributed by atoms with Crippen LogP contribution >= 0.6 is 0 Å². The van der Waals surface area contributed by atoms with Gasteiger partial charge in [-0.1, -0.05) is 0 Å². The predicted molar refractivity (Wildman–Crippen MR) is 42.7 cm³/mol. The van der Waals surface area contributed by atoms with Gasteiger partial charge in [0.2, 0.25) is 0 Å². The van der Waals surface area contributed by atoms with Gasteiger partial charge in [-0.2, -0.15) is 39.5 Å². The molecule has 0 aliphatic carbocycles. The summed E-state index contributed by atoms with van der Waals surface area (Å²) in [6.45, 7) is 0. The van der Waals surface area contributed by atoms with Crippen molar-refractivity contribution in [3.8, 4) is 0 Å². The number of hydrogen-bond acceptors (Lipinski definition) is 3. The van der Waals surface area contributed by atoms with Gasteiger partial charge in [0.1, 0.15) is 0 Å². The second-order valence-electron chi connectivity index (χ2n) is 3.63. The minimum Gasteiger partial charge on any atom is -0.390 e. The predicted octanol–water partition coefficient (Wildman–Crippen LogP) is 1.76. The molecule has 0 saturated carbocycles. The van der Waals surface area contributed by atoms with Crippen LogP contribution in [0.3, 0.4) is 0 Å². The molecular weight excluding hydrogens is 319 g/mol. The van der Waals surface area contributed by atoms with Crippen molar-refractivity contribution in [2.45, 2.75) is 36.4 Å². The van der Waals surface area contributed by atoms with Gasteiger partial charge in [-0.25, -0.2) is 0 Å². The van der Waals surface area contributed by atoms with Crippen molar-refractivity contribution < 1.29 is 53.9 Å². The van der Waals surface area contributed by atoms with Crippen LogP contribution in [0.4, 0.5) is 39.5 Å². The van der Waals surface area contributed by atoms with Crippen LogP contribution in [0.25, 0.3) is 0 Å². The second-order valence-corrected chi connectivity index (χ2v) is 5.67. The summed E-state index contributed by atoms with van der Waals surface area (Å²) in [6.07, 6.45) is -9.38. The molecule has 116 valence electrons. The third-order valence-corrected chi connectivity index (χ3v) is 2.90. The number of halogens is 9. The Kier molecular flexibility index (Phi) is 4.65. The minimum atomic E-state index is -7.02. The van der Waals surface area contributed by atoms with Gasteiger partial charge < -0.3 is 14.4 Å². The highest BCUT2D eigenvalue weighted by Crippen LogP contribution is 2.54. The fourth-order valence-corrected chi connectivity index (χ4v) is 1.54. The first kappa shape index (κ1) is 18.5. The van der Waals surface area contributed by atoms with Crippen molar-refractivity contribution in [1.82, 2.24) is 0 Å². The quantitative estimate of drug-likeness (QED) is 0.533. The third kappa shape index (κ3) is 3.73. The van der Waals surface area contributed by atoms with E-state index in [4.69, 9.17) is 14.4 Å². The molecule has 0 atom stereocenters. The Labute approximate surface area is 100 Å². The number of alkyl halides is 9. The molecule has 0 spiro atoms. The van der Waals surface area contributed by atoms with Crippen molar-refractivity contribution in [1.29, 1.82) is 0 Å². The topological polar surface area (TPSA) is 60.7 Å². The lowest BCUT2D eigenvalue weighted by molar-refractivity contribution is -0.396. The molecule has 0 unspecified atom stereocenters. The van der Waals surface area contributed by atoms with Crippen LogP contribution in [0, 0.1) is 0 Å². The zero-order valence-electron chi connectivity index (χ0n) is 8.66. The maximum absolute atomic E-state index is 12.7. The van der Waals surface area contributed by atoms with Crippen molar-refractivity contribution in [2.24, 2.45) is 0 Å². The zero-order chi connectivity index (χ0) is 15.9. The van der Waals surface area contributed by atoms with Crippen molar-refractivity contribution in [3.63, 3.8) is 0 Å². The molecule has 0 saturated heterocycles. The maximum Gasteiger partial charge on any atom is 0.492 e. The summed E-state index contributed by atoms with van der Waals surface area (Å²) >= 11 is 0. The molecule has 19 heavy (non-hydrogen) atoms. The Morgan fingerprint density at radius 3 is 1.32 bits per heavy atom. The molecule has 13 heteroatoms. The second kappa shape index (κ2) is 4.78. The van der Waals surface area contributed by atoms with E-state index in [-0.39, 0.29) is 0 Å². The molecule has 0 aromatic carbocycles. The van der Waals surface area contributed by atoms with Crippen LogP contribution in [0.5, 0.6) is 0 Å². The summed E-state index contributed by atoms with van der Waals surface area (Å²) in [7, 11) is -5.29. The standard InChI is InChI=1S/C6H7F9O3Si/c7-3(8,1-2-19(16,17)18)4(9,10)5(11,12)6(13,14)15/h16-18H,1-2H2. The number of rotatable bonds is 5. The summed E-state index contributed by atoms with van der Waals surface area (Å²) in [5, 5.41) is 0. The molecule has 3 nitrogen and oxygen atoms in total. The summed E-state index contributed by atoms with van der Waals surface area (Å²) in [5.74, 6) is -19.7. The molecule has 0 amide bonds. The average molecular weight is 326 g/mol. The first-order chi connectivity index (χ1) is 7.96. The zero-order valence-corrected chi connectivity index (χ0v) is 9.66. The highest BCUT2D eigenvalue weighted by Gasteiger charge is 2.81. The minimum absolute atomic E-state index is 1.83. The summed E-state index contributed by atoms with van der Waals surface area (Å²) in [5.41, 5.74) is 0. The molecule has 0 fully saturated rings. The fraction of sp³-hybridized carbons (Fsp3) is 1.00. The van der Waals surface area contributed by atoms with Gasteiger partial charge in [-0.05, 0) is 0 Å². The smallest absolute Gasteiger partial charge is 0.390 e. The van der Waals surface area contributed by atoms with E-state index in [9.17, 15) is 39.5 Å². The van der Waals surface area contributed by atoms with E-state index in [1.807, 2.05) is 0 Å². The van der Waals surface area contributed by atoms with E-state index >= 15 is 0 Å². The van der Waals surface area contributed by atoms with Crippen molar-refractivity contribution in [3.05, 3.63) is 0 Å². The van der Waals surface area contributed by atoms with Gasteiger partial charge in [0.15, 0.2) is 0 Å². The van der Waals surface area contributed by atoms with Crippen molar-refractivity contribution in [2.75, 3.05) is 0 Å². The Hall–Kier alpha value is -0.533. The van der Waals surface area contributed by atoms with Crippen molar-refractivity contribution >= 4 is 8.80 Å². The average Bonchev–Trinajstić information content (AvgIpc) is 2.11. The lowest BCUT2D eigenvalue weighted by Gasteiger charge is -2.33. The van der Waals surface area contributed by atoms with Crippen LogP contribution in [0.1, 0.15) is 6.42 Å². The third-order valence-electron chi connectivity index (χ3n) is 1.98. The molecule has 0 radical (unpaired) electrons. The van der Waals surface area contributed by atoms with E-state index in [0.717, 1.165) is 0 Å².